The van der Waals surface area contributed by atoms with Gasteiger partial charge in [-0.3, -0.25) is 4.79 Å². The van der Waals surface area contributed by atoms with Gasteiger partial charge in [-0.25, -0.2) is 8.42 Å². The number of hydrogen-bond donors (Lipinski definition) is 0. The Morgan fingerprint density at radius 1 is 1.53 bits per heavy atom. The highest BCUT2D eigenvalue weighted by Crippen LogP contribution is 2.26. The highest BCUT2D eigenvalue weighted by molar-refractivity contribution is 7.91. The number of nitrogens with zero attached hydrogens (tertiary/aromatic N) is 2. The fourth-order valence-corrected chi connectivity index (χ4v) is 3.64. The van der Waals surface area contributed by atoms with Crippen molar-refractivity contribution in [3.05, 3.63) is 11.7 Å². The van der Waals surface area contributed by atoms with Crippen molar-refractivity contribution in [3.8, 4) is 0 Å². The molecule has 0 aromatic carbocycles. The molecule has 0 amide bonds. The van der Waals surface area contributed by atoms with Crippen molar-refractivity contribution in [2.45, 2.75) is 32.1 Å². The van der Waals surface area contributed by atoms with Gasteiger partial charge in [-0.1, -0.05) is 5.16 Å². The van der Waals surface area contributed by atoms with E-state index in [0.717, 1.165) is 6.42 Å². The van der Waals surface area contributed by atoms with Crippen LogP contribution in [0.1, 0.15) is 37.4 Å². The monoisotopic (exact) mass is 258 g/mol. The van der Waals surface area contributed by atoms with Gasteiger partial charge in [-0.2, -0.15) is 4.98 Å². The van der Waals surface area contributed by atoms with Crippen LogP contribution in [0.2, 0.25) is 0 Å². The van der Waals surface area contributed by atoms with Crippen molar-refractivity contribution in [2.24, 2.45) is 0 Å². The number of rotatable bonds is 3. The SMILES string of the molecule is CC(=O)Cc1noc(C2CCCS(=O)(=O)C2)n1. The Bertz CT molecular complexity index is 520. The summed E-state index contributed by atoms with van der Waals surface area (Å²) in [6.07, 6.45) is 1.49. The van der Waals surface area contributed by atoms with Gasteiger partial charge < -0.3 is 4.52 Å². The normalized spacial score (nSPS) is 23.5. The third kappa shape index (κ3) is 3.12. The third-order valence-electron chi connectivity index (χ3n) is 2.70. The number of sulfone groups is 1. The summed E-state index contributed by atoms with van der Waals surface area (Å²) < 4.78 is 28.0. The predicted molar refractivity (Wildman–Crippen MR) is 59.3 cm³/mol. The van der Waals surface area contributed by atoms with Crippen molar-refractivity contribution in [1.82, 2.24) is 10.1 Å². The van der Waals surface area contributed by atoms with Crippen LogP contribution >= 0.6 is 0 Å². The van der Waals surface area contributed by atoms with E-state index in [-0.39, 0.29) is 29.6 Å². The van der Waals surface area contributed by atoms with Crippen LogP contribution in [0.5, 0.6) is 0 Å². The zero-order chi connectivity index (χ0) is 12.5. The number of hydrogen-bond acceptors (Lipinski definition) is 6. The van der Waals surface area contributed by atoms with E-state index in [4.69, 9.17) is 4.52 Å². The Kier molecular flexibility index (Phi) is 3.28. The fraction of sp³-hybridized carbons (Fsp3) is 0.700. The van der Waals surface area contributed by atoms with Crippen LogP contribution in [-0.2, 0) is 21.1 Å². The molecule has 1 aromatic heterocycles. The summed E-state index contributed by atoms with van der Waals surface area (Å²) >= 11 is 0. The molecule has 1 aliphatic rings. The lowest BCUT2D eigenvalue weighted by Gasteiger charge is -2.17. The molecule has 7 heteroatoms. The van der Waals surface area contributed by atoms with E-state index in [9.17, 15) is 13.2 Å². The molecular formula is C10H14N2O4S. The predicted octanol–water partition coefficient (Wildman–Crippen LogP) is 0.493. The molecule has 0 bridgehead atoms. The summed E-state index contributed by atoms with van der Waals surface area (Å²) in [6, 6.07) is 0. The lowest BCUT2D eigenvalue weighted by Crippen LogP contribution is -2.23. The first-order valence-electron chi connectivity index (χ1n) is 5.48. The average molecular weight is 258 g/mol. The summed E-state index contributed by atoms with van der Waals surface area (Å²) in [6.45, 7) is 1.45. The molecule has 17 heavy (non-hydrogen) atoms. The number of carbonyl (C=O) groups excluding carboxylic acids is 1. The van der Waals surface area contributed by atoms with Gasteiger partial charge in [-0.05, 0) is 19.8 Å². The molecule has 1 saturated heterocycles. The van der Waals surface area contributed by atoms with Gasteiger partial charge in [0.05, 0.1) is 23.8 Å². The first-order valence-corrected chi connectivity index (χ1v) is 7.31. The molecule has 2 rings (SSSR count). The second-order valence-electron chi connectivity index (χ2n) is 4.38. The highest BCUT2D eigenvalue weighted by atomic mass is 32.2. The molecule has 0 spiro atoms. The van der Waals surface area contributed by atoms with Crippen molar-refractivity contribution in [1.29, 1.82) is 0 Å². The van der Waals surface area contributed by atoms with Gasteiger partial charge in [0, 0.05) is 0 Å². The maximum atomic E-state index is 11.5. The van der Waals surface area contributed by atoms with Crippen molar-refractivity contribution >= 4 is 15.6 Å². The van der Waals surface area contributed by atoms with Crippen LogP contribution in [0.3, 0.4) is 0 Å². The molecule has 1 atom stereocenters. The lowest BCUT2D eigenvalue weighted by molar-refractivity contribution is -0.116. The minimum atomic E-state index is -2.99. The van der Waals surface area contributed by atoms with E-state index in [1.54, 1.807) is 0 Å². The smallest absolute Gasteiger partial charge is 0.230 e. The van der Waals surface area contributed by atoms with Crippen LogP contribution in [0.15, 0.2) is 4.52 Å². The Morgan fingerprint density at radius 2 is 2.29 bits per heavy atom. The molecule has 1 aromatic rings. The van der Waals surface area contributed by atoms with E-state index in [1.165, 1.54) is 6.92 Å². The molecule has 1 fully saturated rings. The Hall–Kier alpha value is -1.24. The van der Waals surface area contributed by atoms with Crippen LogP contribution in [-0.4, -0.2) is 35.8 Å². The lowest BCUT2D eigenvalue weighted by atomic mass is 10.1. The second-order valence-corrected chi connectivity index (χ2v) is 6.61. The zero-order valence-electron chi connectivity index (χ0n) is 9.55. The fourth-order valence-electron chi connectivity index (χ4n) is 1.95. The Labute approximate surface area is 99.3 Å². The first-order chi connectivity index (χ1) is 7.96. The molecule has 0 aliphatic carbocycles. The van der Waals surface area contributed by atoms with Gasteiger partial charge in [0.2, 0.25) is 5.89 Å². The van der Waals surface area contributed by atoms with Gasteiger partial charge in [-0.15, -0.1) is 0 Å². The minimum Gasteiger partial charge on any atom is -0.339 e. The van der Waals surface area contributed by atoms with Crippen molar-refractivity contribution < 1.29 is 17.7 Å². The van der Waals surface area contributed by atoms with Gasteiger partial charge in [0.1, 0.15) is 5.78 Å². The zero-order valence-corrected chi connectivity index (χ0v) is 10.4. The molecule has 0 N–H and O–H groups in total. The molecule has 0 saturated carbocycles. The maximum absolute atomic E-state index is 11.5. The van der Waals surface area contributed by atoms with E-state index in [0.29, 0.717) is 18.1 Å². The summed E-state index contributed by atoms with van der Waals surface area (Å²) in [5.74, 6) is 0.697. The summed E-state index contributed by atoms with van der Waals surface area (Å²) in [5.41, 5.74) is 0. The standard InChI is InChI=1S/C10H14N2O4S/c1-7(13)5-9-11-10(16-12-9)8-3-2-4-17(14,15)6-8/h8H,2-6H2,1H3. The first kappa shape index (κ1) is 12.2. The number of aromatic nitrogens is 2. The molecule has 94 valence electrons. The summed E-state index contributed by atoms with van der Waals surface area (Å²) in [7, 11) is -2.99. The van der Waals surface area contributed by atoms with Crippen LogP contribution < -0.4 is 0 Å². The Morgan fingerprint density at radius 3 is 2.94 bits per heavy atom. The largest absolute Gasteiger partial charge is 0.339 e. The van der Waals surface area contributed by atoms with Gasteiger partial charge >= 0.3 is 0 Å². The van der Waals surface area contributed by atoms with Crippen molar-refractivity contribution in [2.75, 3.05) is 11.5 Å². The van der Waals surface area contributed by atoms with E-state index in [2.05, 4.69) is 10.1 Å². The number of carbonyl (C=O) groups is 1. The minimum absolute atomic E-state index is 0.0476. The highest BCUT2D eigenvalue weighted by Gasteiger charge is 2.29. The van der Waals surface area contributed by atoms with Crippen molar-refractivity contribution in [3.63, 3.8) is 0 Å². The van der Waals surface area contributed by atoms with Gasteiger partial charge in [0.15, 0.2) is 15.7 Å². The van der Waals surface area contributed by atoms with E-state index in [1.807, 2.05) is 0 Å². The Balaban J connectivity index is 2.12. The second kappa shape index (κ2) is 4.56. The topological polar surface area (TPSA) is 90.1 Å². The number of ketones is 1. The van der Waals surface area contributed by atoms with Gasteiger partial charge in [0.25, 0.3) is 0 Å². The maximum Gasteiger partial charge on any atom is 0.230 e. The summed E-state index contributed by atoms with van der Waals surface area (Å²) in [5, 5.41) is 3.68. The van der Waals surface area contributed by atoms with Crippen LogP contribution in [0.25, 0.3) is 0 Å². The quantitative estimate of drug-likeness (QED) is 0.783. The average Bonchev–Trinajstić information content (AvgIpc) is 2.63. The van der Waals surface area contributed by atoms with E-state index < -0.39 is 9.84 Å². The third-order valence-corrected chi connectivity index (χ3v) is 4.52. The molecule has 6 nitrogen and oxygen atoms in total. The van der Waals surface area contributed by atoms with Crippen LogP contribution in [0.4, 0.5) is 0 Å². The molecule has 0 radical (unpaired) electrons. The summed E-state index contributed by atoms with van der Waals surface area (Å²) in [4.78, 5) is 15.0. The van der Waals surface area contributed by atoms with Crippen LogP contribution in [0, 0.1) is 0 Å². The number of Topliss-reactive ketones (excluding diaryl/α,β-unsaturated/α-hetero) is 1. The molecule has 1 unspecified atom stereocenters. The van der Waals surface area contributed by atoms with E-state index >= 15 is 0 Å². The molecule has 1 aliphatic heterocycles. The molecular weight excluding hydrogens is 244 g/mol. The molecule has 2 heterocycles.